The second-order valence-corrected chi connectivity index (χ2v) is 7.80. The van der Waals surface area contributed by atoms with Gasteiger partial charge in [0.25, 0.3) is 5.69 Å². The van der Waals surface area contributed by atoms with E-state index < -0.39 is 46.6 Å². The summed E-state index contributed by atoms with van der Waals surface area (Å²) in [6.45, 7) is 2.98. The van der Waals surface area contributed by atoms with E-state index in [2.05, 4.69) is 10.6 Å². The molecule has 0 spiro atoms. The maximum absolute atomic E-state index is 13.1. The predicted molar refractivity (Wildman–Crippen MR) is 126 cm³/mol. The average Bonchev–Trinajstić information content (AvgIpc) is 2.81. The molecule has 0 aromatic heterocycles. The molecule has 0 aliphatic heterocycles. The van der Waals surface area contributed by atoms with Crippen molar-refractivity contribution < 1.29 is 28.8 Å². The summed E-state index contributed by atoms with van der Waals surface area (Å²) in [5.74, 6) is -3.66. The Kier molecular flexibility index (Phi) is 9.88. The molecular formula is C24H28N4O7. The SMILES string of the molecule is CCOC(=O)C[C@@H](c1ccc([N+](=O)[O-])cc1)[C@H](NC(=O)[C@@H](Cc1ccccc1)NC(C)=O)C(N)=O. The van der Waals surface area contributed by atoms with Gasteiger partial charge in [-0.05, 0) is 18.1 Å². The summed E-state index contributed by atoms with van der Waals surface area (Å²) in [5.41, 5.74) is 6.56. The normalized spacial score (nSPS) is 13.1. The quantitative estimate of drug-likeness (QED) is 0.232. The van der Waals surface area contributed by atoms with Crippen LogP contribution in [0, 0.1) is 10.1 Å². The van der Waals surface area contributed by atoms with Crippen LogP contribution in [0.5, 0.6) is 0 Å². The Morgan fingerprint density at radius 2 is 1.66 bits per heavy atom. The van der Waals surface area contributed by atoms with E-state index in [0.29, 0.717) is 5.56 Å². The number of primary amides is 1. The molecule has 0 heterocycles. The van der Waals surface area contributed by atoms with Gasteiger partial charge in [-0.3, -0.25) is 29.3 Å². The van der Waals surface area contributed by atoms with Gasteiger partial charge in [0, 0.05) is 31.4 Å². The molecule has 0 unspecified atom stereocenters. The summed E-state index contributed by atoms with van der Waals surface area (Å²) in [4.78, 5) is 60.0. The van der Waals surface area contributed by atoms with E-state index in [-0.39, 0.29) is 25.1 Å². The Bertz CT molecular complexity index is 1060. The highest BCUT2D eigenvalue weighted by molar-refractivity contribution is 5.92. The van der Waals surface area contributed by atoms with Gasteiger partial charge < -0.3 is 21.1 Å². The Labute approximate surface area is 202 Å². The van der Waals surface area contributed by atoms with E-state index in [1.165, 1.54) is 31.2 Å². The van der Waals surface area contributed by atoms with Crippen molar-refractivity contribution in [2.45, 2.75) is 44.7 Å². The molecule has 11 nitrogen and oxygen atoms in total. The maximum atomic E-state index is 13.1. The lowest BCUT2D eigenvalue weighted by Gasteiger charge is -2.27. The standard InChI is InChI=1S/C24H28N4O7/c1-3-35-21(30)14-19(17-9-11-18(12-10-17)28(33)34)22(23(25)31)27-24(32)20(26-15(2)29)13-16-7-5-4-6-8-16/h4-12,19-20,22H,3,13-14H2,1-2H3,(H2,25,31)(H,26,29)(H,27,32)/t19-,20+,22-/m0/s1. The number of esters is 1. The highest BCUT2D eigenvalue weighted by atomic mass is 16.6. The molecule has 2 rings (SSSR count). The van der Waals surface area contributed by atoms with Crippen LogP contribution >= 0.6 is 0 Å². The predicted octanol–water partition coefficient (Wildman–Crippen LogP) is 1.35. The van der Waals surface area contributed by atoms with Crippen molar-refractivity contribution in [1.82, 2.24) is 10.6 Å². The number of rotatable bonds is 12. The van der Waals surface area contributed by atoms with Gasteiger partial charge in [-0.1, -0.05) is 42.5 Å². The van der Waals surface area contributed by atoms with Gasteiger partial charge in [-0.15, -0.1) is 0 Å². The molecule has 35 heavy (non-hydrogen) atoms. The van der Waals surface area contributed by atoms with Gasteiger partial charge in [-0.25, -0.2) is 0 Å². The molecule has 0 aliphatic carbocycles. The minimum Gasteiger partial charge on any atom is -0.466 e. The molecule has 2 aromatic carbocycles. The molecule has 2 aromatic rings. The summed E-state index contributed by atoms with van der Waals surface area (Å²) in [5, 5.41) is 16.1. The smallest absolute Gasteiger partial charge is 0.306 e. The Balaban J connectivity index is 2.36. The van der Waals surface area contributed by atoms with Crippen LogP contribution in [0.1, 0.15) is 37.3 Å². The largest absolute Gasteiger partial charge is 0.466 e. The van der Waals surface area contributed by atoms with Gasteiger partial charge in [0.1, 0.15) is 12.1 Å². The summed E-state index contributed by atoms with van der Waals surface area (Å²) < 4.78 is 5.00. The van der Waals surface area contributed by atoms with Gasteiger partial charge >= 0.3 is 5.97 Å². The molecule has 11 heteroatoms. The first-order chi connectivity index (χ1) is 16.6. The number of nitrogens with one attached hydrogen (secondary N) is 2. The number of carbonyl (C=O) groups is 4. The minimum atomic E-state index is -1.36. The first-order valence-electron chi connectivity index (χ1n) is 10.9. The van der Waals surface area contributed by atoms with Crippen molar-refractivity contribution in [1.29, 1.82) is 0 Å². The zero-order valence-electron chi connectivity index (χ0n) is 19.4. The van der Waals surface area contributed by atoms with Crippen molar-refractivity contribution in [3.8, 4) is 0 Å². The molecule has 0 fully saturated rings. The molecule has 0 radical (unpaired) electrons. The highest BCUT2D eigenvalue weighted by Crippen LogP contribution is 2.27. The topological polar surface area (TPSA) is 171 Å². The van der Waals surface area contributed by atoms with Crippen LogP contribution in [0.2, 0.25) is 0 Å². The summed E-state index contributed by atoms with van der Waals surface area (Å²) in [6.07, 6.45) is -0.166. The van der Waals surface area contributed by atoms with Gasteiger partial charge in [0.2, 0.25) is 17.7 Å². The zero-order valence-corrected chi connectivity index (χ0v) is 19.4. The lowest BCUT2D eigenvalue weighted by atomic mass is 9.87. The fourth-order valence-corrected chi connectivity index (χ4v) is 3.60. The number of nitro benzene ring substituents is 1. The van der Waals surface area contributed by atoms with Crippen molar-refractivity contribution in [2.75, 3.05) is 6.61 Å². The van der Waals surface area contributed by atoms with Crippen LogP contribution in [0.4, 0.5) is 5.69 Å². The monoisotopic (exact) mass is 484 g/mol. The number of carbonyl (C=O) groups excluding carboxylic acids is 4. The summed E-state index contributed by atoms with van der Waals surface area (Å²) in [7, 11) is 0. The fourth-order valence-electron chi connectivity index (χ4n) is 3.60. The van der Waals surface area contributed by atoms with Crippen molar-refractivity contribution in [3.05, 3.63) is 75.8 Å². The number of non-ortho nitro benzene ring substituents is 1. The number of benzene rings is 2. The number of amides is 3. The molecule has 0 aliphatic rings. The molecular weight excluding hydrogens is 456 g/mol. The lowest BCUT2D eigenvalue weighted by molar-refractivity contribution is -0.384. The molecule has 186 valence electrons. The molecule has 0 bridgehead atoms. The molecule has 0 saturated heterocycles. The zero-order chi connectivity index (χ0) is 26.0. The van der Waals surface area contributed by atoms with Crippen LogP contribution in [0.15, 0.2) is 54.6 Å². The number of ether oxygens (including phenoxy) is 1. The van der Waals surface area contributed by atoms with Crippen LogP contribution in [0.25, 0.3) is 0 Å². The maximum Gasteiger partial charge on any atom is 0.306 e. The van der Waals surface area contributed by atoms with Crippen LogP contribution < -0.4 is 16.4 Å². The third-order valence-electron chi connectivity index (χ3n) is 5.21. The summed E-state index contributed by atoms with van der Waals surface area (Å²) in [6, 6.07) is 11.8. The van der Waals surface area contributed by atoms with E-state index >= 15 is 0 Å². The number of nitrogens with zero attached hydrogens (tertiary/aromatic N) is 1. The Hall–Kier alpha value is -4.28. The molecule has 3 amide bonds. The van der Waals surface area contributed by atoms with Crippen LogP contribution in [-0.2, 0) is 30.3 Å². The van der Waals surface area contributed by atoms with Gasteiger partial charge in [0.15, 0.2) is 0 Å². The van der Waals surface area contributed by atoms with E-state index in [1.807, 2.05) is 6.07 Å². The fraction of sp³-hybridized carbons (Fsp3) is 0.333. The second-order valence-electron chi connectivity index (χ2n) is 7.80. The molecule has 3 atom stereocenters. The van der Waals surface area contributed by atoms with Crippen molar-refractivity contribution >= 4 is 29.4 Å². The Morgan fingerprint density at radius 1 is 1.03 bits per heavy atom. The lowest BCUT2D eigenvalue weighted by Crippen LogP contribution is -2.55. The van der Waals surface area contributed by atoms with E-state index in [9.17, 15) is 29.3 Å². The van der Waals surface area contributed by atoms with Crippen LogP contribution in [-0.4, -0.2) is 47.3 Å². The van der Waals surface area contributed by atoms with E-state index in [0.717, 1.165) is 5.56 Å². The molecule has 0 saturated carbocycles. The number of hydrogen-bond acceptors (Lipinski definition) is 7. The number of nitrogens with two attached hydrogens (primary N) is 1. The summed E-state index contributed by atoms with van der Waals surface area (Å²) >= 11 is 0. The number of nitro groups is 1. The van der Waals surface area contributed by atoms with Crippen molar-refractivity contribution in [3.63, 3.8) is 0 Å². The van der Waals surface area contributed by atoms with Gasteiger partial charge in [0.05, 0.1) is 18.0 Å². The van der Waals surface area contributed by atoms with E-state index in [4.69, 9.17) is 10.5 Å². The van der Waals surface area contributed by atoms with Crippen molar-refractivity contribution in [2.24, 2.45) is 5.73 Å². The third kappa shape index (κ3) is 8.22. The first-order valence-corrected chi connectivity index (χ1v) is 10.9. The molecule has 4 N–H and O–H groups in total. The average molecular weight is 485 g/mol. The highest BCUT2D eigenvalue weighted by Gasteiger charge is 2.34. The second kappa shape index (κ2) is 12.8. The number of hydrogen-bond donors (Lipinski definition) is 3. The van der Waals surface area contributed by atoms with E-state index in [1.54, 1.807) is 31.2 Å². The first kappa shape index (κ1) is 27.0. The van der Waals surface area contributed by atoms with Crippen LogP contribution in [0.3, 0.4) is 0 Å². The minimum absolute atomic E-state index is 0.0983. The Morgan fingerprint density at radius 3 is 2.17 bits per heavy atom. The third-order valence-corrected chi connectivity index (χ3v) is 5.21. The van der Waals surface area contributed by atoms with Gasteiger partial charge in [-0.2, -0.15) is 0 Å².